The molecule has 0 aliphatic rings. The van der Waals surface area contributed by atoms with Crippen molar-refractivity contribution in [2.24, 2.45) is 0 Å². The first-order valence-electron chi connectivity index (χ1n) is 8.63. The zero-order chi connectivity index (χ0) is 16.1. The van der Waals surface area contributed by atoms with Gasteiger partial charge >= 0.3 is 0 Å². The second-order valence-electron chi connectivity index (χ2n) is 5.05. The van der Waals surface area contributed by atoms with Crippen LogP contribution in [0.3, 0.4) is 0 Å². The van der Waals surface area contributed by atoms with Gasteiger partial charge in [-0.1, -0.05) is 66.0 Å². The molecule has 0 saturated heterocycles. The summed E-state index contributed by atoms with van der Waals surface area (Å²) < 4.78 is 0. The lowest BCUT2D eigenvalue weighted by Gasteiger charge is -2.15. The van der Waals surface area contributed by atoms with Gasteiger partial charge < -0.3 is 5.32 Å². The van der Waals surface area contributed by atoms with Crippen LogP contribution in [0.4, 0.5) is 5.69 Å². The summed E-state index contributed by atoms with van der Waals surface area (Å²) in [4.78, 5) is 11.6. The Bertz CT molecular complexity index is 404. The molecule has 1 aromatic carbocycles. The second kappa shape index (κ2) is 12.4. The lowest BCUT2D eigenvalue weighted by molar-refractivity contribution is -0.115. The summed E-state index contributed by atoms with van der Waals surface area (Å²) in [5.41, 5.74) is 3.76. The van der Waals surface area contributed by atoms with Gasteiger partial charge in [-0.2, -0.15) is 0 Å². The van der Waals surface area contributed by atoms with Gasteiger partial charge in [-0.05, 0) is 36.5 Å². The topological polar surface area (TPSA) is 29.1 Å². The normalized spacial score (nSPS) is 9.76. The summed E-state index contributed by atoms with van der Waals surface area (Å²) in [5.74, 6) is 0.102. The minimum absolute atomic E-state index is 0. The number of nitrogens with one attached hydrogen (secondary N) is 1. The zero-order valence-corrected chi connectivity index (χ0v) is 14.6. The third-order valence-electron chi connectivity index (χ3n) is 3.42. The van der Waals surface area contributed by atoms with E-state index in [9.17, 15) is 4.79 Å². The van der Waals surface area contributed by atoms with E-state index in [-0.39, 0.29) is 7.33 Å². The maximum atomic E-state index is 11.6. The molecule has 1 amide bonds. The van der Waals surface area contributed by atoms with E-state index in [0.29, 0.717) is 6.42 Å². The molecule has 0 aromatic heterocycles. The number of carbonyl (C=O) groups is 1. The van der Waals surface area contributed by atoms with Gasteiger partial charge in [0.2, 0.25) is 5.91 Å². The van der Waals surface area contributed by atoms with Crippen molar-refractivity contribution in [2.75, 3.05) is 5.32 Å². The van der Waals surface area contributed by atoms with E-state index in [0.717, 1.165) is 24.9 Å². The number of rotatable bonds is 8. The maximum absolute atomic E-state index is 11.6. The summed E-state index contributed by atoms with van der Waals surface area (Å²) in [6, 6.07) is 6.29. The van der Waals surface area contributed by atoms with Crippen LogP contribution in [0.2, 0.25) is 0 Å². The first-order valence-corrected chi connectivity index (χ1v) is 8.63. The molecule has 0 unspecified atom stereocenters. The fourth-order valence-corrected chi connectivity index (χ4v) is 2.34. The summed E-state index contributed by atoms with van der Waals surface area (Å²) in [5, 5.41) is 3.05. The van der Waals surface area contributed by atoms with Crippen molar-refractivity contribution >= 4 is 11.6 Å². The molecule has 21 heavy (non-hydrogen) atoms. The van der Waals surface area contributed by atoms with Crippen molar-refractivity contribution in [1.82, 2.24) is 0 Å². The maximum Gasteiger partial charge on any atom is 0.224 e. The van der Waals surface area contributed by atoms with Crippen LogP contribution < -0.4 is 5.32 Å². The molecule has 0 heterocycles. The third kappa shape index (κ3) is 7.31. The molecule has 0 aliphatic carbocycles. The SMILES string of the molecule is CC.CCCCCc1c(CCC)cccc1NC(=O)CC.[HH]. The smallest absolute Gasteiger partial charge is 0.224 e. The Balaban J connectivity index is 0. The molecule has 1 rings (SSSR count). The van der Waals surface area contributed by atoms with Crippen LogP contribution in [0, 0.1) is 0 Å². The fourth-order valence-electron chi connectivity index (χ4n) is 2.34. The second-order valence-corrected chi connectivity index (χ2v) is 5.05. The number of carbonyl (C=O) groups excluding carboxylic acids is 1. The van der Waals surface area contributed by atoms with Gasteiger partial charge in [0, 0.05) is 13.5 Å². The van der Waals surface area contributed by atoms with Crippen LogP contribution in [0.25, 0.3) is 0 Å². The highest BCUT2D eigenvalue weighted by molar-refractivity contribution is 5.91. The van der Waals surface area contributed by atoms with Crippen molar-refractivity contribution in [3.8, 4) is 0 Å². The number of aryl methyl sites for hydroxylation is 1. The standard InChI is InChI=1S/C17H27NO.C2H6.H2/c1-4-7-8-12-15-14(10-5-2)11-9-13-16(15)18-17(19)6-3;1-2;/h9,11,13H,4-8,10,12H2,1-3H3,(H,18,19);1-2H3;1H. The highest BCUT2D eigenvalue weighted by Gasteiger charge is 2.09. The summed E-state index contributed by atoms with van der Waals surface area (Å²) in [7, 11) is 0. The Morgan fingerprint density at radius 2 is 1.76 bits per heavy atom. The summed E-state index contributed by atoms with van der Waals surface area (Å²) in [6.45, 7) is 10.3. The van der Waals surface area contributed by atoms with E-state index in [2.05, 4.69) is 31.3 Å². The van der Waals surface area contributed by atoms with Crippen LogP contribution in [-0.2, 0) is 17.6 Å². The Morgan fingerprint density at radius 3 is 2.33 bits per heavy atom. The quantitative estimate of drug-likeness (QED) is 0.586. The van der Waals surface area contributed by atoms with E-state index in [1.165, 1.54) is 30.4 Å². The molecule has 0 saturated carbocycles. The molecule has 0 radical (unpaired) electrons. The van der Waals surface area contributed by atoms with Gasteiger partial charge in [-0.15, -0.1) is 0 Å². The molecule has 0 fully saturated rings. The predicted octanol–water partition coefficient (Wildman–Crippen LogP) is 5.99. The van der Waals surface area contributed by atoms with Crippen molar-refractivity contribution in [3.63, 3.8) is 0 Å². The van der Waals surface area contributed by atoms with E-state index in [1.807, 2.05) is 26.8 Å². The number of benzene rings is 1. The van der Waals surface area contributed by atoms with Crippen molar-refractivity contribution < 1.29 is 6.22 Å². The number of hydrogen-bond acceptors (Lipinski definition) is 1. The van der Waals surface area contributed by atoms with Crippen LogP contribution in [0.15, 0.2) is 18.2 Å². The molecule has 2 nitrogen and oxygen atoms in total. The average Bonchev–Trinajstić information content (AvgIpc) is 2.52. The molecular formula is C19H35NO. The van der Waals surface area contributed by atoms with Crippen molar-refractivity contribution in [2.45, 2.75) is 79.6 Å². The Labute approximate surface area is 132 Å². The van der Waals surface area contributed by atoms with Crippen LogP contribution >= 0.6 is 0 Å². The molecular weight excluding hydrogens is 258 g/mol. The molecule has 0 aliphatic heterocycles. The highest BCUT2D eigenvalue weighted by atomic mass is 16.1. The van der Waals surface area contributed by atoms with Crippen LogP contribution in [-0.4, -0.2) is 5.91 Å². The van der Waals surface area contributed by atoms with E-state index < -0.39 is 0 Å². The lowest BCUT2D eigenvalue weighted by Crippen LogP contribution is -2.12. The number of hydrogen-bond donors (Lipinski definition) is 1. The number of unbranched alkanes of at least 4 members (excludes halogenated alkanes) is 2. The number of amides is 1. The average molecular weight is 293 g/mol. The van der Waals surface area contributed by atoms with Gasteiger partial charge in [-0.25, -0.2) is 0 Å². The van der Waals surface area contributed by atoms with E-state index in [4.69, 9.17) is 0 Å². The first kappa shape index (κ1) is 19.7. The molecule has 0 bridgehead atoms. The fraction of sp³-hybridized carbons (Fsp3) is 0.632. The van der Waals surface area contributed by atoms with Crippen molar-refractivity contribution in [1.29, 1.82) is 0 Å². The van der Waals surface area contributed by atoms with Gasteiger partial charge in [0.1, 0.15) is 0 Å². The molecule has 2 heteroatoms. The molecule has 0 atom stereocenters. The Morgan fingerprint density at radius 1 is 1.05 bits per heavy atom. The monoisotopic (exact) mass is 293 g/mol. The van der Waals surface area contributed by atoms with Gasteiger partial charge in [0.15, 0.2) is 0 Å². The van der Waals surface area contributed by atoms with Crippen molar-refractivity contribution in [3.05, 3.63) is 29.3 Å². The predicted molar refractivity (Wildman–Crippen MR) is 96.0 cm³/mol. The molecule has 0 spiro atoms. The van der Waals surface area contributed by atoms with Gasteiger partial charge in [-0.3, -0.25) is 4.79 Å². The third-order valence-corrected chi connectivity index (χ3v) is 3.42. The first-order chi connectivity index (χ1) is 10.2. The van der Waals surface area contributed by atoms with Gasteiger partial charge in [0.25, 0.3) is 0 Å². The van der Waals surface area contributed by atoms with Crippen LogP contribution in [0.1, 0.15) is 79.3 Å². The van der Waals surface area contributed by atoms with Gasteiger partial charge in [0.05, 0.1) is 0 Å². The minimum atomic E-state index is 0. The Kier molecular flexibility index (Phi) is 11.7. The largest absolute Gasteiger partial charge is 0.326 e. The number of anilines is 1. The molecule has 1 aromatic rings. The summed E-state index contributed by atoms with van der Waals surface area (Å²) >= 11 is 0. The zero-order valence-electron chi connectivity index (χ0n) is 14.6. The highest BCUT2D eigenvalue weighted by Crippen LogP contribution is 2.24. The minimum Gasteiger partial charge on any atom is -0.326 e. The van der Waals surface area contributed by atoms with Crippen LogP contribution in [0.5, 0.6) is 0 Å². The lowest BCUT2D eigenvalue weighted by atomic mass is 9.96. The van der Waals surface area contributed by atoms with E-state index in [1.54, 1.807) is 0 Å². The molecule has 1 N–H and O–H groups in total. The molecule has 122 valence electrons. The Hall–Kier alpha value is -1.31. The summed E-state index contributed by atoms with van der Waals surface area (Å²) in [6.07, 6.45) is 7.53. The van der Waals surface area contributed by atoms with E-state index >= 15 is 0 Å².